The Morgan fingerprint density at radius 3 is 2.16 bits per heavy atom. The smallest absolute Gasteiger partial charge is 0.387 e. The average Bonchev–Trinajstić information content (AvgIpc) is 2.71. The SMILES string of the molecule is COc1cc(/C=C/C(=O)Nc2c(C(C)C)cccc2C(C)C)c([N+](=O)[O-])cc1OC(F)F. The highest BCUT2D eigenvalue weighted by Crippen LogP contribution is 2.36. The lowest BCUT2D eigenvalue weighted by molar-refractivity contribution is -0.385. The van der Waals surface area contributed by atoms with Crippen LogP contribution in [0.25, 0.3) is 6.08 Å². The maximum absolute atomic E-state index is 12.7. The second-order valence-electron chi connectivity index (χ2n) is 7.64. The molecule has 0 saturated carbocycles. The van der Waals surface area contributed by atoms with Crippen molar-refractivity contribution in [1.29, 1.82) is 0 Å². The highest BCUT2D eigenvalue weighted by Gasteiger charge is 2.21. The van der Waals surface area contributed by atoms with Crippen LogP contribution in [-0.2, 0) is 4.79 Å². The van der Waals surface area contributed by atoms with Crippen LogP contribution in [-0.4, -0.2) is 24.6 Å². The van der Waals surface area contributed by atoms with Gasteiger partial charge in [-0.3, -0.25) is 14.9 Å². The summed E-state index contributed by atoms with van der Waals surface area (Å²) in [7, 11) is 1.22. The number of nitro benzene ring substituents is 1. The number of carbonyl (C=O) groups excluding carboxylic acids is 1. The average molecular weight is 448 g/mol. The van der Waals surface area contributed by atoms with E-state index >= 15 is 0 Å². The van der Waals surface area contributed by atoms with E-state index in [2.05, 4.69) is 10.1 Å². The molecule has 9 heteroatoms. The van der Waals surface area contributed by atoms with Gasteiger partial charge in [0.2, 0.25) is 5.91 Å². The van der Waals surface area contributed by atoms with Gasteiger partial charge in [-0.15, -0.1) is 0 Å². The van der Waals surface area contributed by atoms with Gasteiger partial charge in [0.1, 0.15) is 0 Å². The van der Waals surface area contributed by atoms with E-state index in [9.17, 15) is 23.7 Å². The Labute approximate surface area is 185 Å². The van der Waals surface area contributed by atoms with Crippen LogP contribution in [0.15, 0.2) is 36.4 Å². The lowest BCUT2D eigenvalue weighted by atomic mass is 9.92. The molecule has 32 heavy (non-hydrogen) atoms. The summed E-state index contributed by atoms with van der Waals surface area (Å²) in [6.45, 7) is 4.90. The molecule has 2 aromatic rings. The van der Waals surface area contributed by atoms with Gasteiger partial charge in [-0.05, 0) is 35.1 Å². The Bertz CT molecular complexity index is 993. The second kappa shape index (κ2) is 10.7. The first-order valence-electron chi connectivity index (χ1n) is 9.98. The zero-order chi connectivity index (χ0) is 24.0. The van der Waals surface area contributed by atoms with Gasteiger partial charge in [-0.1, -0.05) is 45.9 Å². The summed E-state index contributed by atoms with van der Waals surface area (Å²) in [4.78, 5) is 23.3. The molecule has 2 rings (SSSR count). The summed E-state index contributed by atoms with van der Waals surface area (Å²) in [6.07, 6.45) is 2.38. The predicted molar refractivity (Wildman–Crippen MR) is 119 cm³/mol. The van der Waals surface area contributed by atoms with Gasteiger partial charge in [-0.2, -0.15) is 8.78 Å². The Kier molecular flexibility index (Phi) is 8.28. The number of carbonyl (C=O) groups is 1. The van der Waals surface area contributed by atoms with E-state index in [0.717, 1.165) is 23.3 Å². The van der Waals surface area contributed by atoms with Gasteiger partial charge in [-0.25, -0.2) is 0 Å². The van der Waals surface area contributed by atoms with Crippen molar-refractivity contribution in [3.05, 3.63) is 63.2 Å². The topological polar surface area (TPSA) is 90.7 Å². The molecular formula is C23H26F2N2O5. The van der Waals surface area contributed by atoms with Gasteiger partial charge in [0.25, 0.3) is 5.69 Å². The lowest BCUT2D eigenvalue weighted by Crippen LogP contribution is -2.13. The molecule has 0 spiro atoms. The van der Waals surface area contributed by atoms with Crippen LogP contribution in [0, 0.1) is 10.1 Å². The fraction of sp³-hybridized carbons (Fsp3) is 0.348. The first kappa shape index (κ1) is 24.8. The number of hydrogen-bond donors (Lipinski definition) is 1. The van der Waals surface area contributed by atoms with Gasteiger partial charge in [0.05, 0.1) is 23.7 Å². The number of nitrogens with zero attached hydrogens (tertiary/aromatic N) is 1. The number of amides is 1. The molecule has 2 aromatic carbocycles. The first-order chi connectivity index (χ1) is 15.0. The van der Waals surface area contributed by atoms with E-state index in [4.69, 9.17) is 4.74 Å². The van der Waals surface area contributed by atoms with E-state index in [1.54, 1.807) is 0 Å². The number of nitrogens with one attached hydrogen (secondary N) is 1. The third kappa shape index (κ3) is 6.03. The normalized spacial score (nSPS) is 11.4. The third-order valence-electron chi connectivity index (χ3n) is 4.76. The molecule has 0 saturated heterocycles. The van der Waals surface area contributed by atoms with Crippen LogP contribution in [0.4, 0.5) is 20.2 Å². The summed E-state index contributed by atoms with van der Waals surface area (Å²) >= 11 is 0. The quantitative estimate of drug-likeness (QED) is 0.284. The molecule has 0 aliphatic rings. The first-order valence-corrected chi connectivity index (χ1v) is 9.98. The molecule has 0 unspecified atom stereocenters. The number of anilines is 1. The minimum absolute atomic E-state index is 0.00449. The molecule has 1 N–H and O–H groups in total. The second-order valence-corrected chi connectivity index (χ2v) is 7.64. The van der Waals surface area contributed by atoms with Crippen molar-refractivity contribution in [3.8, 4) is 11.5 Å². The summed E-state index contributed by atoms with van der Waals surface area (Å²) in [5.74, 6) is -0.742. The van der Waals surface area contributed by atoms with Crippen molar-refractivity contribution in [1.82, 2.24) is 0 Å². The van der Waals surface area contributed by atoms with Crippen molar-refractivity contribution in [3.63, 3.8) is 0 Å². The summed E-state index contributed by atoms with van der Waals surface area (Å²) in [6, 6.07) is 7.82. The Balaban J connectivity index is 2.40. The largest absolute Gasteiger partial charge is 0.493 e. The van der Waals surface area contributed by atoms with Crippen molar-refractivity contribution in [2.24, 2.45) is 0 Å². The number of nitro groups is 1. The third-order valence-corrected chi connectivity index (χ3v) is 4.76. The number of alkyl halides is 2. The number of benzene rings is 2. The van der Waals surface area contributed by atoms with Crippen LogP contribution < -0.4 is 14.8 Å². The van der Waals surface area contributed by atoms with Crippen LogP contribution in [0.1, 0.15) is 56.2 Å². The number of hydrogen-bond acceptors (Lipinski definition) is 5. The molecule has 1 amide bonds. The fourth-order valence-corrected chi connectivity index (χ4v) is 3.23. The van der Waals surface area contributed by atoms with Crippen LogP contribution >= 0.6 is 0 Å². The van der Waals surface area contributed by atoms with Gasteiger partial charge in [0.15, 0.2) is 11.5 Å². The molecular weight excluding hydrogens is 422 g/mol. The summed E-state index contributed by atoms with van der Waals surface area (Å²) in [5.41, 5.74) is 2.15. The summed E-state index contributed by atoms with van der Waals surface area (Å²) in [5, 5.41) is 14.3. The molecule has 0 aliphatic carbocycles. The van der Waals surface area contributed by atoms with Crippen LogP contribution in [0.2, 0.25) is 0 Å². The number of rotatable bonds is 9. The number of halogens is 2. The minimum Gasteiger partial charge on any atom is -0.493 e. The highest BCUT2D eigenvalue weighted by atomic mass is 19.3. The van der Waals surface area contributed by atoms with E-state index in [-0.39, 0.29) is 23.1 Å². The van der Waals surface area contributed by atoms with Gasteiger partial charge >= 0.3 is 6.61 Å². The Hall–Kier alpha value is -3.49. The molecule has 0 radical (unpaired) electrons. The Morgan fingerprint density at radius 2 is 1.69 bits per heavy atom. The monoisotopic (exact) mass is 448 g/mol. The van der Waals surface area contributed by atoms with Crippen molar-refractivity contribution in [2.75, 3.05) is 12.4 Å². The molecule has 0 bridgehead atoms. The maximum Gasteiger partial charge on any atom is 0.387 e. The number of para-hydroxylation sites is 1. The highest BCUT2D eigenvalue weighted by molar-refractivity contribution is 6.03. The molecule has 0 heterocycles. The van der Waals surface area contributed by atoms with Gasteiger partial charge in [0, 0.05) is 11.8 Å². The van der Waals surface area contributed by atoms with Crippen molar-refractivity contribution in [2.45, 2.75) is 46.1 Å². The summed E-state index contributed by atoms with van der Waals surface area (Å²) < 4.78 is 34.5. The van der Waals surface area contributed by atoms with Crippen LogP contribution in [0.3, 0.4) is 0 Å². The molecule has 0 aromatic heterocycles. The predicted octanol–water partition coefficient (Wildman–Crippen LogP) is 6.10. The number of ether oxygens (including phenoxy) is 2. The molecule has 7 nitrogen and oxygen atoms in total. The zero-order valence-electron chi connectivity index (χ0n) is 18.5. The maximum atomic E-state index is 12.7. The molecule has 0 aliphatic heterocycles. The minimum atomic E-state index is -3.17. The lowest BCUT2D eigenvalue weighted by Gasteiger charge is -2.19. The van der Waals surface area contributed by atoms with E-state index < -0.39 is 28.9 Å². The number of methoxy groups -OCH3 is 1. The van der Waals surface area contributed by atoms with E-state index in [1.165, 1.54) is 19.3 Å². The van der Waals surface area contributed by atoms with E-state index in [1.807, 2.05) is 45.9 Å². The fourth-order valence-electron chi connectivity index (χ4n) is 3.23. The standard InChI is InChI=1S/C23H26F2N2O5/c1-13(2)16-7-6-8-17(14(3)4)22(16)26-21(28)10-9-15-11-19(31-5)20(32-23(24)25)12-18(15)27(29)30/h6-14,23H,1-5H3,(H,26,28)/b10-9+. The Morgan fingerprint density at radius 1 is 1.09 bits per heavy atom. The van der Waals surface area contributed by atoms with Crippen LogP contribution in [0.5, 0.6) is 11.5 Å². The zero-order valence-corrected chi connectivity index (χ0v) is 18.5. The molecule has 0 fully saturated rings. The van der Waals surface area contributed by atoms with Crippen molar-refractivity contribution >= 4 is 23.4 Å². The van der Waals surface area contributed by atoms with Crippen molar-refractivity contribution < 1.29 is 28.0 Å². The molecule has 0 atom stereocenters. The van der Waals surface area contributed by atoms with E-state index in [0.29, 0.717) is 5.69 Å². The molecule has 172 valence electrons. The van der Waals surface area contributed by atoms with Gasteiger partial charge < -0.3 is 14.8 Å².